The van der Waals surface area contributed by atoms with E-state index >= 15 is 0 Å². The Morgan fingerprint density at radius 3 is 3.00 bits per heavy atom. The van der Waals surface area contributed by atoms with Crippen molar-refractivity contribution in [2.75, 3.05) is 13.1 Å². The van der Waals surface area contributed by atoms with Crippen molar-refractivity contribution in [1.29, 1.82) is 0 Å². The molecule has 2 amide bonds. The number of fused-ring (bicyclic) bond motifs is 3. The lowest BCUT2D eigenvalue weighted by atomic mass is 9.93. The van der Waals surface area contributed by atoms with Crippen molar-refractivity contribution in [3.05, 3.63) is 47.3 Å². The molecular weight excluding hydrogens is 276 g/mol. The maximum atomic E-state index is 12.1. The Morgan fingerprint density at radius 1 is 1.36 bits per heavy atom. The highest BCUT2D eigenvalue weighted by molar-refractivity contribution is 5.76. The number of hydrogen-bond acceptors (Lipinski definition) is 3. The fourth-order valence-electron chi connectivity index (χ4n) is 3.36. The van der Waals surface area contributed by atoms with Crippen LogP contribution in [0.25, 0.3) is 11.4 Å². The summed E-state index contributed by atoms with van der Waals surface area (Å²) in [6.07, 6.45) is 1.68. The van der Waals surface area contributed by atoms with Crippen LogP contribution in [0.15, 0.2) is 30.3 Å². The average molecular weight is 295 g/mol. The molecule has 1 N–H and O–H groups in total. The zero-order chi connectivity index (χ0) is 16.0. The van der Waals surface area contributed by atoms with Crippen LogP contribution in [0.3, 0.4) is 0 Å². The van der Waals surface area contributed by atoms with Gasteiger partial charge in [-0.05, 0) is 25.3 Å². The van der Waals surface area contributed by atoms with E-state index < -0.39 is 0 Å². The van der Waals surface area contributed by atoms with Gasteiger partial charge in [0.1, 0.15) is 0 Å². The van der Waals surface area contributed by atoms with E-state index in [0.717, 1.165) is 36.3 Å². The molecule has 5 nitrogen and oxygen atoms in total. The number of urea groups is 1. The Labute approximate surface area is 130 Å². The van der Waals surface area contributed by atoms with Gasteiger partial charge in [-0.2, -0.15) is 0 Å². The molecule has 0 saturated carbocycles. The Kier molecular flexibility index (Phi) is 2.81. The van der Waals surface area contributed by atoms with Crippen LogP contribution in [0.5, 0.6) is 0 Å². The number of hydrogen-bond donors (Lipinski definition) is 1. The lowest BCUT2D eigenvalue weighted by Crippen LogP contribution is -2.51. The molecule has 1 fully saturated rings. The summed E-state index contributed by atoms with van der Waals surface area (Å²) in [5, 5.41) is 2.90. The van der Waals surface area contributed by atoms with Gasteiger partial charge in [-0.1, -0.05) is 30.3 Å². The van der Waals surface area contributed by atoms with Gasteiger partial charge in [-0.15, -0.1) is 0 Å². The third kappa shape index (κ3) is 2.04. The summed E-state index contributed by atoms with van der Waals surface area (Å²) in [6.45, 7) is 3.42. The van der Waals surface area contributed by atoms with Crippen molar-refractivity contribution in [3.63, 3.8) is 0 Å². The van der Waals surface area contributed by atoms with Gasteiger partial charge < -0.3 is 10.2 Å². The summed E-state index contributed by atoms with van der Waals surface area (Å²) in [7, 11) is 0. The van der Waals surface area contributed by atoms with Crippen LogP contribution in [-0.2, 0) is 6.42 Å². The van der Waals surface area contributed by atoms with Crippen molar-refractivity contribution in [2.24, 2.45) is 0 Å². The summed E-state index contributed by atoms with van der Waals surface area (Å²) in [6, 6.07) is 7.75. The van der Waals surface area contributed by atoms with Crippen molar-refractivity contribution >= 4 is 6.03 Å². The maximum absolute atomic E-state index is 12.1. The highest BCUT2D eigenvalue weighted by Crippen LogP contribution is 2.34. The van der Waals surface area contributed by atoms with Crippen molar-refractivity contribution < 1.29 is 6.17 Å². The average Bonchev–Trinajstić information content (AvgIpc) is 2.55. The summed E-state index contributed by atoms with van der Waals surface area (Å²) < 4.78 is 7.60. The molecule has 2 aromatic rings. The molecule has 5 heteroatoms. The quantitative estimate of drug-likeness (QED) is 0.879. The standard InChI is InChI=1S/C17H18N4O/c1-11-13-8-10-21-14(7-9-18-17(21)22)15(13)20-16(19-11)12-5-3-2-4-6-12/h2-6,14H,7-10H2,1H3,(H,18,22)/i2D. The fourth-order valence-corrected chi connectivity index (χ4v) is 3.36. The second kappa shape index (κ2) is 5.09. The predicted octanol–water partition coefficient (Wildman–Crippen LogP) is 2.46. The van der Waals surface area contributed by atoms with Gasteiger partial charge in [0.15, 0.2) is 5.82 Å². The van der Waals surface area contributed by atoms with E-state index in [9.17, 15) is 4.79 Å². The lowest BCUT2D eigenvalue weighted by molar-refractivity contribution is 0.146. The zero-order valence-electron chi connectivity index (χ0n) is 13.5. The number of rotatable bonds is 1. The molecule has 1 unspecified atom stereocenters. The summed E-state index contributed by atoms with van der Waals surface area (Å²) in [5.41, 5.74) is 4.07. The van der Waals surface area contributed by atoms with Crippen LogP contribution >= 0.6 is 0 Å². The highest BCUT2D eigenvalue weighted by Gasteiger charge is 2.35. The van der Waals surface area contributed by atoms with Crippen molar-refractivity contribution in [3.8, 4) is 11.4 Å². The van der Waals surface area contributed by atoms with Gasteiger partial charge in [0.05, 0.1) is 13.1 Å². The minimum absolute atomic E-state index is 0.00303. The van der Waals surface area contributed by atoms with Crippen LogP contribution in [0, 0.1) is 6.92 Å². The molecule has 3 heterocycles. The monoisotopic (exact) mass is 295 g/mol. The molecule has 0 spiro atoms. The number of carbonyl (C=O) groups is 1. The molecule has 0 radical (unpaired) electrons. The van der Waals surface area contributed by atoms with Crippen LogP contribution in [0.2, 0.25) is 0 Å². The molecule has 0 aliphatic carbocycles. The third-order valence-corrected chi connectivity index (χ3v) is 4.47. The SMILES string of the molecule is [2H]c1ccc(-c2nc(C)c3c(n2)C2CCNC(=O)N2CC3)cc1. The molecule has 4 rings (SSSR count). The number of aryl methyl sites for hydroxylation is 1. The first-order chi connectivity index (χ1) is 11.1. The van der Waals surface area contributed by atoms with E-state index in [4.69, 9.17) is 6.35 Å². The molecule has 1 saturated heterocycles. The lowest BCUT2D eigenvalue weighted by Gasteiger charge is -2.40. The summed E-state index contributed by atoms with van der Waals surface area (Å²) in [4.78, 5) is 23.4. The minimum Gasteiger partial charge on any atom is -0.338 e. The molecule has 1 atom stereocenters. The number of nitrogens with zero attached hydrogens (tertiary/aromatic N) is 3. The van der Waals surface area contributed by atoms with E-state index in [-0.39, 0.29) is 12.1 Å². The van der Waals surface area contributed by atoms with Gasteiger partial charge in [0, 0.05) is 24.3 Å². The minimum atomic E-state index is 0.00303. The Balaban J connectivity index is 1.81. The smallest absolute Gasteiger partial charge is 0.317 e. The van der Waals surface area contributed by atoms with E-state index in [1.165, 1.54) is 5.56 Å². The molecule has 112 valence electrons. The van der Waals surface area contributed by atoms with E-state index in [2.05, 4.69) is 10.3 Å². The number of benzene rings is 1. The first-order valence-corrected chi connectivity index (χ1v) is 7.62. The molecule has 1 aromatic heterocycles. The zero-order valence-corrected chi connectivity index (χ0v) is 12.5. The third-order valence-electron chi connectivity index (χ3n) is 4.47. The summed E-state index contributed by atoms with van der Waals surface area (Å²) >= 11 is 0. The first kappa shape index (κ1) is 12.1. The molecule has 22 heavy (non-hydrogen) atoms. The number of amides is 2. The van der Waals surface area contributed by atoms with Gasteiger partial charge in [0.2, 0.25) is 0 Å². The van der Waals surface area contributed by atoms with Gasteiger partial charge in [0.25, 0.3) is 0 Å². The van der Waals surface area contributed by atoms with Crippen LogP contribution < -0.4 is 5.32 Å². The number of carbonyl (C=O) groups excluding carboxylic acids is 1. The largest absolute Gasteiger partial charge is 0.338 e. The van der Waals surface area contributed by atoms with Gasteiger partial charge in [-0.3, -0.25) is 0 Å². The highest BCUT2D eigenvalue weighted by atomic mass is 16.2. The second-order valence-electron chi connectivity index (χ2n) is 5.76. The second-order valence-corrected chi connectivity index (χ2v) is 5.76. The first-order valence-electron chi connectivity index (χ1n) is 8.12. The Hall–Kier alpha value is -2.43. The van der Waals surface area contributed by atoms with E-state index in [1.807, 2.05) is 24.0 Å². The maximum Gasteiger partial charge on any atom is 0.317 e. The van der Waals surface area contributed by atoms with Gasteiger partial charge >= 0.3 is 6.03 Å². The topological polar surface area (TPSA) is 58.1 Å². The number of aromatic nitrogens is 2. The van der Waals surface area contributed by atoms with Crippen molar-refractivity contribution in [2.45, 2.75) is 25.8 Å². The molecule has 2 aliphatic rings. The molecular formula is C17H18N4O. The van der Waals surface area contributed by atoms with Crippen LogP contribution in [0.1, 0.15) is 30.8 Å². The van der Waals surface area contributed by atoms with Gasteiger partial charge in [-0.25, -0.2) is 14.8 Å². The molecule has 1 aromatic carbocycles. The molecule has 2 aliphatic heterocycles. The normalized spacial score (nSPS) is 20.8. The van der Waals surface area contributed by atoms with Crippen LogP contribution in [-0.4, -0.2) is 34.0 Å². The van der Waals surface area contributed by atoms with E-state index in [1.54, 1.807) is 12.1 Å². The van der Waals surface area contributed by atoms with Crippen LogP contribution in [0.4, 0.5) is 4.79 Å². The fraction of sp³-hybridized carbons (Fsp3) is 0.353. The van der Waals surface area contributed by atoms with Crippen molar-refractivity contribution in [1.82, 2.24) is 20.2 Å². The van der Waals surface area contributed by atoms with E-state index in [0.29, 0.717) is 18.4 Å². The Bertz CT molecular complexity index is 775. The Morgan fingerprint density at radius 2 is 2.18 bits per heavy atom. The number of nitrogens with one attached hydrogen (secondary N) is 1. The predicted molar refractivity (Wildman–Crippen MR) is 83.4 cm³/mol. The molecule has 0 bridgehead atoms. The summed E-state index contributed by atoms with van der Waals surface area (Å²) in [5.74, 6) is 0.675.